The van der Waals surface area contributed by atoms with Crippen LogP contribution in [0.2, 0.25) is 0 Å². The monoisotopic (exact) mass is 1640 g/mol. The molecular formula is C103H92N4O8S4. The molecule has 119 heavy (non-hydrogen) atoms. The molecule has 0 bridgehead atoms. The van der Waals surface area contributed by atoms with E-state index in [-0.39, 0.29) is 24.3 Å². The van der Waals surface area contributed by atoms with Gasteiger partial charge in [-0.15, -0.1) is 4.13 Å². The maximum atomic E-state index is 10.2. The number of sulfonamides is 4. The first-order valence-corrected chi connectivity index (χ1v) is 40.9. The number of nitrogens with two attached hydrogens (primary N) is 1. The summed E-state index contributed by atoms with van der Waals surface area (Å²) in [6.45, 7) is 4.85. The number of nitrogens with zero attached hydrogens (tertiary/aromatic N) is 1. The normalized spacial score (nSPS) is 6.55. The quantitative estimate of drug-likeness (QED) is 0.0811. The predicted octanol–water partition coefficient (Wildman–Crippen LogP) is 7.50. The smallest absolute Gasteiger partial charge is 0.221 e. The van der Waals surface area contributed by atoms with Crippen LogP contribution in [0, 0.1) is 474 Å². The molecule has 0 aliphatic carbocycles. The van der Waals surface area contributed by atoms with Gasteiger partial charge in [0, 0.05) is 451 Å². The largest absolute Gasteiger partial charge is 0.437 e. The van der Waals surface area contributed by atoms with Gasteiger partial charge in [0.15, 0.2) is 0 Å². The summed E-state index contributed by atoms with van der Waals surface area (Å²) in [7, 11) is -14.7. The lowest BCUT2D eigenvalue weighted by Gasteiger charge is -2.11. The van der Waals surface area contributed by atoms with Crippen LogP contribution in [0.25, 0.3) is 4.13 Å². The van der Waals surface area contributed by atoms with Crippen molar-refractivity contribution in [3.8, 4) is 474 Å². The topological polar surface area (TPSA) is 216 Å². The zero-order valence-corrected chi connectivity index (χ0v) is 68.4. The minimum atomic E-state index is -3.74. The second-order valence-corrected chi connectivity index (χ2v) is 26.7. The van der Waals surface area contributed by atoms with Gasteiger partial charge in [0.25, 0.3) is 0 Å². The average molecular weight is 1640 g/mol. The van der Waals surface area contributed by atoms with E-state index in [4.69, 9.17) is 5.73 Å². The lowest BCUT2D eigenvalue weighted by molar-refractivity contribution is -0.247. The lowest BCUT2D eigenvalue weighted by Crippen LogP contribution is -2.40. The van der Waals surface area contributed by atoms with Gasteiger partial charge in [0.2, 0.25) is 20.0 Å². The van der Waals surface area contributed by atoms with Crippen molar-refractivity contribution in [2.24, 2.45) is 5.73 Å². The number of hydrogen-bond acceptors (Lipinski definition) is 9. The van der Waals surface area contributed by atoms with Crippen molar-refractivity contribution in [2.75, 3.05) is 31.6 Å². The Morgan fingerprint density at radius 1 is 0.218 bits per heavy atom. The molecule has 0 unspecified atom stereocenters. The molecule has 0 heterocycles. The first-order chi connectivity index (χ1) is 57.7. The molecule has 0 aromatic heterocycles. The van der Waals surface area contributed by atoms with Crippen LogP contribution < -0.4 is 15.6 Å². The molecule has 0 rings (SSSR count). The van der Waals surface area contributed by atoms with Crippen molar-refractivity contribution in [3.63, 3.8) is 0 Å². The summed E-state index contributed by atoms with van der Waals surface area (Å²) >= 11 is 0. The van der Waals surface area contributed by atoms with Gasteiger partial charge in [-0.25, -0.2) is 33.7 Å². The molecule has 0 aliphatic heterocycles. The zero-order chi connectivity index (χ0) is 88.0. The minimum absolute atomic E-state index is 0. The standard InChI is InChI=1S/C81H5N.C18H39N.C2H7NO4S2.C2H6NO4S2.17H2/c1-2-3-4-5-6-7-8-9-10-11-12-13-14-15-16-17-18-19-20-21-22-23-24-25-26-27-28-29-30-31-32-33-34-35-36-37-38-39-40-41-42-43-44-45-46-47-48-49-50-51-52-53-54-55-56-57-58-59-60-61-62-63-64-65-66-67-68-69-70-71-72-73-74-75-76-77-78-79-80-81-82;1-2-3-4-5-6-7-8-9-10-11-12-13-14-15-16-17-18-19;2*1-8(4,5)3-9(2,6)7;;;;;;;;;;;;;;;;;/h82H2,1H3;2-19H2,1H3;3H,1-2H3;1-2H3;17*1H/q;;;-1;;;;;;;;;;;;;;;;;/p+1. The first-order valence-electron chi connectivity index (χ1n) is 33.5. The van der Waals surface area contributed by atoms with Crippen molar-refractivity contribution < 1.29 is 63.7 Å². The highest BCUT2D eigenvalue weighted by molar-refractivity contribution is 8.11. The van der Waals surface area contributed by atoms with Gasteiger partial charge in [-0.3, -0.25) is 5.73 Å². The molecule has 0 saturated carbocycles. The molecule has 0 amide bonds. The van der Waals surface area contributed by atoms with Gasteiger partial charge < -0.3 is 9.86 Å². The molecule has 16 heteroatoms. The molecule has 12 nitrogen and oxygen atoms in total. The molecule has 596 valence electrons. The summed E-state index contributed by atoms with van der Waals surface area (Å²) in [5.41, 5.74) is 8.80. The van der Waals surface area contributed by atoms with Crippen molar-refractivity contribution in [1.82, 2.24) is 4.13 Å². The molecule has 0 spiro atoms. The van der Waals surface area contributed by atoms with Gasteiger partial charge in [-0.2, -0.15) is 0 Å². The predicted molar refractivity (Wildman–Crippen MR) is 510 cm³/mol. The average Bonchev–Trinajstić information content (AvgIpc) is 0.919. The fourth-order valence-electron chi connectivity index (χ4n) is 5.70. The van der Waals surface area contributed by atoms with E-state index in [1.165, 1.54) is 107 Å². The van der Waals surface area contributed by atoms with Crippen molar-refractivity contribution in [1.29, 1.82) is 0 Å². The van der Waals surface area contributed by atoms with Crippen LogP contribution in [0.1, 0.15) is 141 Å². The summed E-state index contributed by atoms with van der Waals surface area (Å²) in [5.74, 6) is 198. The van der Waals surface area contributed by atoms with Crippen molar-refractivity contribution >= 4 is 40.1 Å². The molecule has 0 radical (unpaired) electrons. The molecule has 0 aromatic rings. The van der Waals surface area contributed by atoms with E-state index in [2.05, 4.69) is 491 Å². The molecule has 0 aliphatic rings. The Kier molecular flexibility index (Phi) is 80.3. The third kappa shape index (κ3) is 121. The number of hydrogen-bond donors (Lipinski definition) is 3. The molecule has 0 aromatic carbocycles. The van der Waals surface area contributed by atoms with Gasteiger partial charge in [-0.05, 0) is 67.3 Å². The molecule has 6 N–H and O–H groups in total. The highest BCUT2D eigenvalue weighted by atomic mass is 32.3. The fourth-order valence-corrected chi connectivity index (χ4v) is 9.86. The van der Waals surface area contributed by atoms with Crippen LogP contribution in [-0.2, 0) is 40.1 Å². The van der Waals surface area contributed by atoms with E-state index >= 15 is 0 Å². The zero-order valence-electron chi connectivity index (χ0n) is 65.2. The van der Waals surface area contributed by atoms with Gasteiger partial charge in [-0.1, -0.05) is 109 Å². The Morgan fingerprint density at radius 3 is 0.420 bits per heavy atom. The van der Waals surface area contributed by atoms with E-state index < -0.39 is 40.1 Å². The van der Waals surface area contributed by atoms with Crippen LogP contribution in [0.4, 0.5) is 0 Å². The summed E-state index contributed by atoms with van der Waals surface area (Å²) in [4.78, 5) is 0. The maximum absolute atomic E-state index is 10.2. The first kappa shape index (κ1) is 107. The van der Waals surface area contributed by atoms with E-state index in [1.54, 1.807) is 6.92 Å². The highest BCUT2D eigenvalue weighted by Crippen LogP contribution is 2.13. The number of rotatable bonds is 20. The third-order valence-electron chi connectivity index (χ3n) is 9.66. The Morgan fingerprint density at radius 2 is 0.336 bits per heavy atom. The van der Waals surface area contributed by atoms with Crippen molar-refractivity contribution in [3.05, 3.63) is 4.13 Å². The SMILES string of the molecule is CC#CC#CC#CC#CC#CC#CC#CC#CC#CC#CC#CC#CC#CC#CC#CC#CC#CC#CC#CC#CC#CC#CC#CC#CC#CC#CC#CC#CC#CC#CC#CC#CC#CC#CC#CC#CC#CC#CC#CC#C[NH3+].CCCCCCCCCCCCCCCCCCN.CS(=O)(=O)NS(C)(=O)=O.CS(=O)(=O)[N-]S(C)(=O)=O.[HH].[HH].[HH].[HH].[HH].[HH].[HH].[HH].[HH].[HH].[HH].[HH].[HH].[HH].[HH].[HH].[HH]. The number of nitrogens with one attached hydrogen (secondary N) is 1. The summed E-state index contributed by atoms with van der Waals surface area (Å²) < 4.78 is 84.9. The van der Waals surface area contributed by atoms with Gasteiger partial charge in [0.05, 0.1) is 32.6 Å². The molecule has 0 atom stereocenters. The fraction of sp³-hybridized carbons (Fsp3) is 0.223. The Hall–Kier alpha value is -18.0. The number of quaternary nitrogens is 1. The van der Waals surface area contributed by atoms with Crippen molar-refractivity contribution in [2.45, 2.75) is 117 Å². The van der Waals surface area contributed by atoms with Crippen LogP contribution in [0.3, 0.4) is 0 Å². The van der Waals surface area contributed by atoms with Crippen LogP contribution in [0.5, 0.6) is 0 Å². The summed E-state index contributed by atoms with van der Waals surface area (Å²) in [6, 6.07) is 2.38. The third-order valence-corrected chi connectivity index (χ3v) is 14.2. The van der Waals surface area contributed by atoms with Crippen LogP contribution in [-0.4, -0.2) is 65.2 Å². The summed E-state index contributed by atoms with van der Waals surface area (Å²) in [6.07, 6.45) is 25.8. The van der Waals surface area contributed by atoms with Crippen LogP contribution >= 0.6 is 0 Å². The van der Waals surface area contributed by atoms with E-state index in [0.717, 1.165) is 19.1 Å². The second kappa shape index (κ2) is 88.9. The second-order valence-electron chi connectivity index (χ2n) is 19.4. The van der Waals surface area contributed by atoms with E-state index in [0.29, 0.717) is 12.5 Å². The Labute approximate surface area is 735 Å². The Balaban J connectivity index is -0.000000108. The highest BCUT2D eigenvalue weighted by Gasteiger charge is 2.08. The Bertz CT molecular complexity index is 6700. The van der Waals surface area contributed by atoms with Crippen LogP contribution in [0.15, 0.2) is 0 Å². The molecule has 0 saturated heterocycles. The lowest BCUT2D eigenvalue weighted by atomic mass is 10.0. The van der Waals surface area contributed by atoms with E-state index in [9.17, 15) is 33.7 Å². The van der Waals surface area contributed by atoms with Gasteiger partial charge >= 0.3 is 0 Å². The maximum Gasteiger partial charge on any atom is 0.221 e. The van der Waals surface area contributed by atoms with Gasteiger partial charge in [0.1, 0.15) is 6.04 Å². The summed E-state index contributed by atoms with van der Waals surface area (Å²) in [5, 5.41) is 0. The molecule has 0 fully saturated rings. The van der Waals surface area contributed by atoms with E-state index in [1.807, 2.05) is 0 Å². The molecular weight excluding hydrogens is 1550 g/mol. The minimum Gasteiger partial charge on any atom is -0.437 e. The number of unbranched alkanes of at least 4 members (excludes halogenated alkanes) is 15.